The summed E-state index contributed by atoms with van der Waals surface area (Å²) in [6, 6.07) is 20.9. The molecular formula is C29H32ClFN2O2. The van der Waals surface area contributed by atoms with Gasteiger partial charge in [0.2, 0.25) is 11.8 Å². The molecule has 3 aromatic rings. The number of aryl methyl sites for hydroxylation is 1. The number of carbonyl (C=O) groups excluding carboxylic acids is 2. The summed E-state index contributed by atoms with van der Waals surface area (Å²) in [4.78, 5) is 28.8. The third-order valence-electron chi connectivity index (χ3n) is 6.26. The Labute approximate surface area is 212 Å². The van der Waals surface area contributed by atoms with Crippen LogP contribution in [0, 0.1) is 12.7 Å². The van der Waals surface area contributed by atoms with E-state index in [4.69, 9.17) is 11.6 Å². The van der Waals surface area contributed by atoms with Crippen LogP contribution in [0.25, 0.3) is 0 Å². The van der Waals surface area contributed by atoms with Crippen LogP contribution in [-0.4, -0.2) is 28.8 Å². The molecule has 0 bridgehead atoms. The molecule has 0 aromatic heterocycles. The maximum absolute atomic E-state index is 14.6. The van der Waals surface area contributed by atoms with Gasteiger partial charge in [0.05, 0.1) is 6.42 Å². The Kier molecular flexibility index (Phi) is 9.44. The fourth-order valence-corrected chi connectivity index (χ4v) is 4.15. The molecular weight excluding hydrogens is 463 g/mol. The van der Waals surface area contributed by atoms with Crippen molar-refractivity contribution in [3.8, 4) is 0 Å². The van der Waals surface area contributed by atoms with Gasteiger partial charge in [-0.3, -0.25) is 9.59 Å². The molecule has 184 valence electrons. The molecule has 0 fully saturated rings. The van der Waals surface area contributed by atoms with Crippen molar-refractivity contribution in [3.63, 3.8) is 0 Å². The number of carbonyl (C=O) groups is 2. The van der Waals surface area contributed by atoms with E-state index in [2.05, 4.69) is 5.32 Å². The van der Waals surface area contributed by atoms with Crippen LogP contribution in [0.4, 0.5) is 4.39 Å². The van der Waals surface area contributed by atoms with Crippen molar-refractivity contribution in [2.75, 3.05) is 0 Å². The normalized spacial score (nSPS) is 12.6. The highest BCUT2D eigenvalue weighted by Crippen LogP contribution is 2.23. The van der Waals surface area contributed by atoms with Gasteiger partial charge in [0.1, 0.15) is 11.9 Å². The molecule has 0 aliphatic carbocycles. The minimum Gasteiger partial charge on any atom is -0.352 e. The molecule has 3 rings (SSSR count). The standard InChI is InChI=1S/C29H32ClFN2O2/c1-4-21(3)32-29(35)27(17-22-12-6-5-7-13-22)33(19-23-14-9-8-11-20(23)2)28(34)18-24-25(30)15-10-16-26(24)31/h5-16,21,27H,4,17-19H2,1-3H3,(H,32,35)/t21-,27+/m1/s1. The van der Waals surface area contributed by atoms with E-state index in [-0.39, 0.29) is 41.4 Å². The highest BCUT2D eigenvalue weighted by molar-refractivity contribution is 6.31. The third-order valence-corrected chi connectivity index (χ3v) is 6.62. The second-order valence-corrected chi connectivity index (χ2v) is 9.26. The summed E-state index contributed by atoms with van der Waals surface area (Å²) in [5.41, 5.74) is 3.00. The summed E-state index contributed by atoms with van der Waals surface area (Å²) in [7, 11) is 0. The first kappa shape index (κ1) is 26.4. The predicted octanol–water partition coefficient (Wildman–Crippen LogP) is 5.88. The molecule has 0 unspecified atom stereocenters. The Morgan fingerprint density at radius 1 is 1.00 bits per heavy atom. The van der Waals surface area contributed by atoms with Gasteiger partial charge in [0.25, 0.3) is 0 Å². The monoisotopic (exact) mass is 494 g/mol. The summed E-state index contributed by atoms with van der Waals surface area (Å²) < 4.78 is 14.6. The van der Waals surface area contributed by atoms with Crippen molar-refractivity contribution < 1.29 is 14.0 Å². The second kappa shape index (κ2) is 12.5. The third kappa shape index (κ3) is 7.15. The van der Waals surface area contributed by atoms with Crippen molar-refractivity contribution in [1.82, 2.24) is 10.2 Å². The van der Waals surface area contributed by atoms with E-state index in [0.717, 1.165) is 23.1 Å². The quantitative estimate of drug-likeness (QED) is 0.382. The number of nitrogens with one attached hydrogen (secondary N) is 1. The lowest BCUT2D eigenvalue weighted by Gasteiger charge is -2.33. The Morgan fingerprint density at radius 2 is 1.69 bits per heavy atom. The molecule has 0 heterocycles. The van der Waals surface area contributed by atoms with Crippen molar-refractivity contribution in [2.45, 2.75) is 58.7 Å². The smallest absolute Gasteiger partial charge is 0.243 e. The number of amides is 2. The molecule has 3 aromatic carbocycles. The average Bonchev–Trinajstić information content (AvgIpc) is 2.85. The van der Waals surface area contributed by atoms with Crippen LogP contribution in [0.5, 0.6) is 0 Å². The van der Waals surface area contributed by atoms with Gasteiger partial charge in [0.15, 0.2) is 0 Å². The molecule has 0 spiro atoms. The van der Waals surface area contributed by atoms with E-state index in [1.807, 2.05) is 75.4 Å². The number of halogens is 2. The van der Waals surface area contributed by atoms with Crippen molar-refractivity contribution in [3.05, 3.63) is 106 Å². The molecule has 6 heteroatoms. The summed E-state index contributed by atoms with van der Waals surface area (Å²) >= 11 is 6.23. The first-order valence-corrected chi connectivity index (χ1v) is 12.3. The van der Waals surface area contributed by atoms with E-state index in [9.17, 15) is 14.0 Å². The number of benzene rings is 3. The van der Waals surface area contributed by atoms with Gasteiger partial charge in [-0.15, -0.1) is 0 Å². The van der Waals surface area contributed by atoms with E-state index in [1.165, 1.54) is 12.1 Å². The van der Waals surface area contributed by atoms with Crippen molar-refractivity contribution in [1.29, 1.82) is 0 Å². The zero-order chi connectivity index (χ0) is 25.4. The second-order valence-electron chi connectivity index (χ2n) is 8.85. The maximum Gasteiger partial charge on any atom is 0.243 e. The number of hydrogen-bond donors (Lipinski definition) is 1. The van der Waals surface area contributed by atoms with Crippen LogP contribution in [0.2, 0.25) is 5.02 Å². The molecule has 1 N–H and O–H groups in total. The molecule has 2 amide bonds. The van der Waals surface area contributed by atoms with E-state index in [0.29, 0.717) is 6.42 Å². The van der Waals surface area contributed by atoms with Gasteiger partial charge in [-0.25, -0.2) is 4.39 Å². The summed E-state index contributed by atoms with van der Waals surface area (Å²) in [6.45, 7) is 6.12. The topological polar surface area (TPSA) is 49.4 Å². The highest BCUT2D eigenvalue weighted by Gasteiger charge is 2.32. The molecule has 0 saturated heterocycles. The predicted molar refractivity (Wildman–Crippen MR) is 139 cm³/mol. The van der Waals surface area contributed by atoms with E-state index >= 15 is 0 Å². The van der Waals surface area contributed by atoms with Crippen LogP contribution in [0.15, 0.2) is 72.8 Å². The Bertz CT molecular complexity index is 1130. The van der Waals surface area contributed by atoms with Crippen LogP contribution < -0.4 is 5.32 Å². The largest absolute Gasteiger partial charge is 0.352 e. The molecule has 0 aliphatic heterocycles. The lowest BCUT2D eigenvalue weighted by Crippen LogP contribution is -2.52. The minimum absolute atomic E-state index is 0.0443. The first-order valence-electron chi connectivity index (χ1n) is 11.9. The lowest BCUT2D eigenvalue weighted by molar-refractivity contribution is -0.141. The molecule has 0 aliphatic rings. The van der Waals surface area contributed by atoms with Crippen LogP contribution in [-0.2, 0) is 29.0 Å². The maximum atomic E-state index is 14.6. The average molecular weight is 495 g/mol. The molecule has 2 atom stereocenters. The van der Waals surface area contributed by atoms with Gasteiger partial charge < -0.3 is 10.2 Å². The van der Waals surface area contributed by atoms with Crippen LogP contribution in [0.3, 0.4) is 0 Å². The van der Waals surface area contributed by atoms with Gasteiger partial charge in [0, 0.05) is 29.6 Å². The number of hydrogen-bond acceptors (Lipinski definition) is 2. The SMILES string of the molecule is CC[C@@H](C)NC(=O)[C@H](Cc1ccccc1)N(Cc1ccccc1C)C(=O)Cc1c(F)cccc1Cl. The van der Waals surface area contributed by atoms with Gasteiger partial charge in [-0.2, -0.15) is 0 Å². The zero-order valence-electron chi connectivity index (χ0n) is 20.4. The molecule has 35 heavy (non-hydrogen) atoms. The van der Waals surface area contributed by atoms with Crippen molar-refractivity contribution >= 4 is 23.4 Å². The van der Waals surface area contributed by atoms with Gasteiger partial charge in [-0.05, 0) is 49.1 Å². The summed E-state index contributed by atoms with van der Waals surface area (Å²) in [5.74, 6) is -1.13. The molecule has 4 nitrogen and oxygen atoms in total. The Hall–Kier alpha value is -3.18. The van der Waals surface area contributed by atoms with Crippen LogP contribution in [0.1, 0.15) is 42.5 Å². The Balaban J connectivity index is 2.02. The van der Waals surface area contributed by atoms with Gasteiger partial charge in [-0.1, -0.05) is 79.2 Å². The Morgan fingerprint density at radius 3 is 2.34 bits per heavy atom. The summed E-state index contributed by atoms with van der Waals surface area (Å²) in [5, 5.41) is 3.23. The molecule has 0 radical (unpaired) electrons. The number of rotatable bonds is 10. The molecule has 0 saturated carbocycles. The number of nitrogens with zero attached hydrogens (tertiary/aromatic N) is 1. The van der Waals surface area contributed by atoms with Crippen molar-refractivity contribution in [2.24, 2.45) is 0 Å². The fourth-order valence-electron chi connectivity index (χ4n) is 3.92. The minimum atomic E-state index is -0.774. The fraction of sp³-hybridized carbons (Fsp3) is 0.310. The van der Waals surface area contributed by atoms with Crippen LogP contribution >= 0.6 is 11.6 Å². The van der Waals surface area contributed by atoms with Gasteiger partial charge >= 0.3 is 0 Å². The summed E-state index contributed by atoms with van der Waals surface area (Å²) in [6.07, 6.45) is 0.866. The van der Waals surface area contributed by atoms with E-state index in [1.54, 1.807) is 11.0 Å². The zero-order valence-corrected chi connectivity index (χ0v) is 21.2. The lowest BCUT2D eigenvalue weighted by atomic mass is 10.00. The highest BCUT2D eigenvalue weighted by atomic mass is 35.5. The van der Waals surface area contributed by atoms with E-state index < -0.39 is 11.9 Å². The first-order chi connectivity index (χ1) is 16.8.